The predicted octanol–water partition coefficient (Wildman–Crippen LogP) is 3.04. The van der Waals surface area contributed by atoms with E-state index in [1.807, 2.05) is 0 Å². The molecule has 0 fully saturated rings. The van der Waals surface area contributed by atoms with E-state index in [-0.39, 0.29) is 10.0 Å². The van der Waals surface area contributed by atoms with Crippen LogP contribution in [0.3, 0.4) is 0 Å². The lowest BCUT2D eigenvalue weighted by Gasteiger charge is -1.97. The topological polar surface area (TPSA) is 0 Å². The molecule has 0 aliphatic carbocycles. The van der Waals surface area contributed by atoms with Gasteiger partial charge in [0.15, 0.2) is 0 Å². The highest BCUT2D eigenvalue weighted by Crippen LogP contribution is 2.17. The largest absolute Gasteiger partial charge is 0.207 e. The van der Waals surface area contributed by atoms with Crippen LogP contribution in [0, 0.1) is 18.6 Å². The van der Waals surface area contributed by atoms with E-state index in [1.165, 1.54) is 6.92 Å². The zero-order valence-electron chi connectivity index (χ0n) is 7.13. The molecule has 0 nitrogen and oxygen atoms in total. The minimum atomic E-state index is -0.921. The van der Waals surface area contributed by atoms with Gasteiger partial charge in [-0.2, -0.15) is 0 Å². The molecule has 1 aromatic carbocycles. The zero-order valence-corrected chi connectivity index (χ0v) is 6.72. The zero-order chi connectivity index (χ0) is 9.46. The summed E-state index contributed by atoms with van der Waals surface area (Å²) in [7, 11) is 0. The van der Waals surface area contributed by atoms with Crippen LogP contribution in [-0.2, 0) is 0 Å². The maximum atomic E-state index is 12.9. The Kier molecular flexibility index (Phi) is 1.39. The van der Waals surface area contributed by atoms with E-state index in [4.69, 9.17) is 2.74 Å². The maximum Gasteiger partial charge on any atom is 0.130 e. The third-order valence-electron chi connectivity index (χ3n) is 1.10. The molecule has 0 unspecified atom stereocenters. The van der Waals surface area contributed by atoms with Gasteiger partial charge in [-0.1, -0.05) is 15.9 Å². The van der Waals surface area contributed by atoms with Crippen LogP contribution in [0.15, 0.2) is 16.6 Å². The van der Waals surface area contributed by atoms with E-state index < -0.39 is 23.7 Å². The van der Waals surface area contributed by atoms with Gasteiger partial charge in [0.25, 0.3) is 0 Å². The van der Waals surface area contributed by atoms with Crippen molar-refractivity contribution in [2.45, 2.75) is 6.92 Å². The lowest BCUT2D eigenvalue weighted by Crippen LogP contribution is -1.87. The summed E-state index contributed by atoms with van der Waals surface area (Å²) in [5, 5.41) is 0. The first kappa shape index (κ1) is 5.24. The van der Waals surface area contributed by atoms with Crippen LogP contribution in [0.4, 0.5) is 8.78 Å². The molecule has 0 heterocycles. The van der Waals surface area contributed by atoms with Crippen LogP contribution in [0.5, 0.6) is 0 Å². The molecule has 10 heavy (non-hydrogen) atoms. The molecule has 1 aromatic rings. The van der Waals surface area contributed by atoms with Crippen molar-refractivity contribution in [3.63, 3.8) is 0 Å². The lowest BCUT2D eigenvalue weighted by molar-refractivity contribution is 0.566. The first-order valence-corrected chi connectivity index (χ1v) is 3.36. The molecule has 0 bridgehead atoms. The van der Waals surface area contributed by atoms with Gasteiger partial charge in [-0.25, -0.2) is 8.78 Å². The van der Waals surface area contributed by atoms with E-state index in [1.54, 1.807) is 0 Å². The van der Waals surface area contributed by atoms with Crippen molar-refractivity contribution in [2.75, 3.05) is 0 Å². The molecule has 3 heteroatoms. The second-order valence-electron chi connectivity index (χ2n) is 1.82. The summed E-state index contributed by atoms with van der Waals surface area (Å²) in [4.78, 5) is 0. The molecule has 0 amide bonds. The number of hydrogen-bond donors (Lipinski definition) is 0. The molecule has 0 saturated heterocycles. The highest BCUT2D eigenvalue weighted by molar-refractivity contribution is 9.10. The van der Waals surface area contributed by atoms with Gasteiger partial charge in [0.1, 0.15) is 11.6 Å². The van der Waals surface area contributed by atoms with Gasteiger partial charge in [-0.05, 0) is 19.0 Å². The summed E-state index contributed by atoms with van der Waals surface area (Å²) in [6.07, 6.45) is 0. The molecular weight excluding hydrogens is 202 g/mol. The van der Waals surface area contributed by atoms with Crippen molar-refractivity contribution >= 4 is 15.9 Å². The number of benzene rings is 1. The van der Waals surface area contributed by atoms with Gasteiger partial charge in [0, 0.05) is 10.0 Å². The smallest absolute Gasteiger partial charge is 0.130 e. The average molecular weight is 209 g/mol. The summed E-state index contributed by atoms with van der Waals surface area (Å²) in [6.45, 7) is 1.20. The number of hydrogen-bond acceptors (Lipinski definition) is 0. The highest BCUT2D eigenvalue weighted by atomic mass is 79.9. The van der Waals surface area contributed by atoms with E-state index in [9.17, 15) is 8.78 Å². The maximum absolute atomic E-state index is 12.9. The van der Waals surface area contributed by atoms with Gasteiger partial charge in [0.2, 0.25) is 0 Å². The van der Waals surface area contributed by atoms with Crippen LogP contribution in [0.1, 0.15) is 8.30 Å². The SMILES string of the molecule is [2H]c1c(F)c(C)c(F)c([2H])c1Br. The molecule has 0 aliphatic heterocycles. The van der Waals surface area contributed by atoms with E-state index in [0.717, 1.165) is 0 Å². The fraction of sp³-hybridized carbons (Fsp3) is 0.143. The van der Waals surface area contributed by atoms with Crippen LogP contribution in [0.25, 0.3) is 0 Å². The molecule has 0 N–H and O–H groups in total. The molecule has 0 spiro atoms. The fourth-order valence-electron chi connectivity index (χ4n) is 0.508. The minimum absolute atomic E-state index is 0.150. The monoisotopic (exact) mass is 208 g/mol. The quantitative estimate of drug-likeness (QED) is 0.615. The second-order valence-corrected chi connectivity index (χ2v) is 2.61. The summed E-state index contributed by atoms with van der Waals surface area (Å²) < 4.78 is 39.9. The van der Waals surface area contributed by atoms with Crippen molar-refractivity contribution in [3.05, 3.63) is 33.8 Å². The van der Waals surface area contributed by atoms with E-state index >= 15 is 0 Å². The van der Waals surface area contributed by atoms with Gasteiger partial charge >= 0.3 is 0 Å². The standard InChI is InChI=1S/C7H5BrF2/c1-4-6(9)2-5(8)3-7(4)10/h2-3H,1H3/i2D,3D. The Morgan fingerprint density at radius 2 is 1.80 bits per heavy atom. The van der Waals surface area contributed by atoms with E-state index in [0.29, 0.717) is 0 Å². The Hall–Kier alpha value is -0.440. The third kappa shape index (κ3) is 1.34. The summed E-state index contributed by atoms with van der Waals surface area (Å²) >= 11 is 2.76. The molecule has 0 aromatic heterocycles. The lowest BCUT2D eigenvalue weighted by atomic mass is 10.2. The summed E-state index contributed by atoms with van der Waals surface area (Å²) in [6, 6.07) is -0.946. The van der Waals surface area contributed by atoms with Crippen molar-refractivity contribution in [1.29, 1.82) is 0 Å². The molecular formula is C7H5BrF2. The van der Waals surface area contributed by atoms with Crippen molar-refractivity contribution < 1.29 is 11.5 Å². The first-order chi connectivity index (χ1) is 5.46. The van der Waals surface area contributed by atoms with E-state index in [2.05, 4.69) is 15.9 Å². The molecule has 0 atom stereocenters. The minimum Gasteiger partial charge on any atom is -0.207 e. The summed E-state index contributed by atoms with van der Waals surface area (Å²) in [5.74, 6) is -1.84. The normalized spacial score (nSPS) is 12.8. The Balaban J connectivity index is 3.60. The van der Waals surface area contributed by atoms with Gasteiger partial charge in [-0.3, -0.25) is 0 Å². The Morgan fingerprint density at radius 1 is 1.40 bits per heavy atom. The van der Waals surface area contributed by atoms with Crippen molar-refractivity contribution in [2.24, 2.45) is 0 Å². The van der Waals surface area contributed by atoms with Gasteiger partial charge in [-0.15, -0.1) is 0 Å². The Labute approximate surface area is 68.8 Å². The van der Waals surface area contributed by atoms with Crippen LogP contribution >= 0.6 is 15.9 Å². The van der Waals surface area contributed by atoms with Crippen LogP contribution in [-0.4, -0.2) is 0 Å². The van der Waals surface area contributed by atoms with Gasteiger partial charge < -0.3 is 0 Å². The van der Waals surface area contributed by atoms with Crippen molar-refractivity contribution in [1.82, 2.24) is 0 Å². The van der Waals surface area contributed by atoms with Gasteiger partial charge in [0.05, 0.1) is 2.74 Å². The highest BCUT2D eigenvalue weighted by Gasteiger charge is 2.03. The molecule has 0 radical (unpaired) electrons. The predicted molar refractivity (Wildman–Crippen MR) is 38.8 cm³/mol. The Morgan fingerprint density at radius 3 is 2.20 bits per heavy atom. The fourth-order valence-corrected chi connectivity index (χ4v) is 0.856. The molecule has 1 rings (SSSR count). The van der Waals surface area contributed by atoms with Crippen LogP contribution < -0.4 is 0 Å². The average Bonchev–Trinajstić information content (AvgIpc) is 2.08. The number of halogens is 3. The van der Waals surface area contributed by atoms with Crippen molar-refractivity contribution in [3.8, 4) is 0 Å². The Bertz CT molecular complexity index is 234. The summed E-state index contributed by atoms with van der Waals surface area (Å²) in [5.41, 5.74) is -0.284. The second kappa shape index (κ2) is 2.66. The van der Waals surface area contributed by atoms with Crippen LogP contribution in [0.2, 0.25) is 0 Å². The molecule has 54 valence electrons. The first-order valence-electron chi connectivity index (χ1n) is 3.57. The molecule has 0 saturated carbocycles. The third-order valence-corrected chi connectivity index (χ3v) is 1.49. The molecule has 0 aliphatic rings. The number of rotatable bonds is 0.